The van der Waals surface area contributed by atoms with Gasteiger partial charge in [-0.1, -0.05) is 6.08 Å². The SMILES string of the molecule is C=CCNNC(=O)OCC.Cl. The number of hydrazine groups is 1. The number of rotatable bonds is 4. The Morgan fingerprint density at radius 3 is 2.82 bits per heavy atom. The number of carbonyl (C=O) groups is 1. The van der Waals surface area contributed by atoms with Crippen LogP contribution in [0.3, 0.4) is 0 Å². The van der Waals surface area contributed by atoms with Crippen molar-refractivity contribution in [2.45, 2.75) is 6.92 Å². The second kappa shape index (κ2) is 9.26. The van der Waals surface area contributed by atoms with E-state index in [2.05, 4.69) is 22.2 Å². The molecule has 5 heteroatoms. The van der Waals surface area contributed by atoms with Crippen LogP contribution >= 0.6 is 12.4 Å². The fraction of sp³-hybridized carbons (Fsp3) is 0.500. The summed E-state index contributed by atoms with van der Waals surface area (Å²) >= 11 is 0. The van der Waals surface area contributed by atoms with Crippen molar-refractivity contribution in [2.24, 2.45) is 0 Å². The average molecular weight is 181 g/mol. The molecule has 0 unspecified atom stereocenters. The molecule has 0 aromatic rings. The number of hydrogen-bond donors (Lipinski definition) is 2. The first-order valence-corrected chi connectivity index (χ1v) is 3.07. The van der Waals surface area contributed by atoms with E-state index in [-0.39, 0.29) is 12.4 Å². The Bertz CT molecular complexity index is 119. The van der Waals surface area contributed by atoms with E-state index in [1.807, 2.05) is 0 Å². The Morgan fingerprint density at radius 1 is 1.73 bits per heavy atom. The first-order valence-electron chi connectivity index (χ1n) is 3.07. The normalized spacial score (nSPS) is 7.73. The van der Waals surface area contributed by atoms with Crippen molar-refractivity contribution in [3.8, 4) is 0 Å². The zero-order valence-electron chi connectivity index (χ0n) is 6.42. The van der Waals surface area contributed by atoms with Crippen molar-refractivity contribution in [1.29, 1.82) is 0 Å². The van der Waals surface area contributed by atoms with Gasteiger partial charge in [-0.3, -0.25) is 5.43 Å². The molecule has 1 amide bonds. The lowest BCUT2D eigenvalue weighted by atomic mass is 10.7. The molecule has 0 fully saturated rings. The summed E-state index contributed by atoms with van der Waals surface area (Å²) in [6.45, 7) is 6.10. The smallest absolute Gasteiger partial charge is 0.421 e. The summed E-state index contributed by atoms with van der Waals surface area (Å²) in [5, 5.41) is 0. The van der Waals surface area contributed by atoms with Gasteiger partial charge in [0.05, 0.1) is 6.61 Å². The van der Waals surface area contributed by atoms with Crippen LogP contribution in [0, 0.1) is 0 Å². The molecule has 0 aliphatic heterocycles. The fourth-order valence-corrected chi connectivity index (χ4v) is 0.363. The molecule has 11 heavy (non-hydrogen) atoms. The van der Waals surface area contributed by atoms with E-state index in [4.69, 9.17) is 0 Å². The molecule has 0 spiro atoms. The van der Waals surface area contributed by atoms with Crippen LogP contribution in [0.15, 0.2) is 12.7 Å². The zero-order valence-corrected chi connectivity index (χ0v) is 7.24. The molecule has 4 nitrogen and oxygen atoms in total. The third kappa shape index (κ3) is 9.26. The number of hydrogen-bond acceptors (Lipinski definition) is 3. The van der Waals surface area contributed by atoms with Gasteiger partial charge in [-0.15, -0.1) is 19.0 Å². The summed E-state index contributed by atoms with van der Waals surface area (Å²) in [5.41, 5.74) is 4.88. The maximum absolute atomic E-state index is 10.5. The molecule has 0 aromatic heterocycles. The minimum Gasteiger partial charge on any atom is -0.449 e. The fourth-order valence-electron chi connectivity index (χ4n) is 0.363. The lowest BCUT2D eigenvalue weighted by Crippen LogP contribution is -2.37. The zero-order chi connectivity index (χ0) is 7.82. The van der Waals surface area contributed by atoms with Gasteiger partial charge in [-0.05, 0) is 6.92 Å². The molecule has 0 atom stereocenters. The van der Waals surface area contributed by atoms with E-state index in [1.165, 1.54) is 0 Å². The highest BCUT2D eigenvalue weighted by molar-refractivity contribution is 5.85. The second-order valence-electron chi connectivity index (χ2n) is 1.52. The lowest BCUT2D eigenvalue weighted by molar-refractivity contribution is 0.148. The Hall–Kier alpha value is -0.740. The highest BCUT2D eigenvalue weighted by Gasteiger charge is 1.94. The van der Waals surface area contributed by atoms with Crippen LogP contribution in [0.4, 0.5) is 4.79 Å². The Morgan fingerprint density at radius 2 is 2.36 bits per heavy atom. The first-order chi connectivity index (χ1) is 4.81. The van der Waals surface area contributed by atoms with Gasteiger partial charge in [0.25, 0.3) is 0 Å². The van der Waals surface area contributed by atoms with Crippen molar-refractivity contribution in [3.63, 3.8) is 0 Å². The lowest BCUT2D eigenvalue weighted by Gasteiger charge is -2.03. The van der Waals surface area contributed by atoms with Crippen LogP contribution < -0.4 is 10.9 Å². The highest BCUT2D eigenvalue weighted by Crippen LogP contribution is 1.71. The quantitative estimate of drug-likeness (QED) is 0.383. The Kier molecular flexibility index (Phi) is 10.9. The number of carbonyl (C=O) groups excluding carboxylic acids is 1. The van der Waals surface area contributed by atoms with Gasteiger partial charge in [0, 0.05) is 6.54 Å². The molecule has 0 saturated carbocycles. The number of halogens is 1. The summed E-state index contributed by atoms with van der Waals surface area (Å²) in [6.07, 6.45) is 1.16. The van der Waals surface area contributed by atoms with Crippen molar-refractivity contribution in [3.05, 3.63) is 12.7 Å². The summed E-state index contributed by atoms with van der Waals surface area (Å²) < 4.78 is 4.54. The van der Waals surface area contributed by atoms with E-state index in [9.17, 15) is 4.79 Å². The minimum absolute atomic E-state index is 0. The van der Waals surface area contributed by atoms with Crippen LogP contribution in [0.25, 0.3) is 0 Å². The molecule has 0 saturated heterocycles. The van der Waals surface area contributed by atoms with Crippen LogP contribution in [0.5, 0.6) is 0 Å². The molecule has 0 heterocycles. The Labute approximate surface area is 72.4 Å². The van der Waals surface area contributed by atoms with Crippen molar-refractivity contribution < 1.29 is 9.53 Å². The van der Waals surface area contributed by atoms with Crippen LogP contribution in [0.2, 0.25) is 0 Å². The summed E-state index contributed by atoms with van der Waals surface area (Å²) in [5.74, 6) is 0. The van der Waals surface area contributed by atoms with Crippen LogP contribution in [0.1, 0.15) is 6.92 Å². The molecule has 0 aliphatic carbocycles. The van der Waals surface area contributed by atoms with E-state index < -0.39 is 6.09 Å². The molecule has 0 rings (SSSR count). The highest BCUT2D eigenvalue weighted by atomic mass is 35.5. The molecular weight excluding hydrogens is 168 g/mol. The molecule has 0 radical (unpaired) electrons. The first kappa shape index (κ1) is 12.9. The average Bonchev–Trinajstić information content (AvgIpc) is 1.89. The molecule has 0 aromatic carbocycles. The number of amides is 1. The molecule has 2 N–H and O–H groups in total. The van der Waals surface area contributed by atoms with E-state index in [0.717, 1.165) is 0 Å². The van der Waals surface area contributed by atoms with E-state index in [0.29, 0.717) is 13.2 Å². The van der Waals surface area contributed by atoms with E-state index >= 15 is 0 Å². The Balaban J connectivity index is 0. The van der Waals surface area contributed by atoms with Crippen LogP contribution in [-0.4, -0.2) is 19.2 Å². The summed E-state index contributed by atoms with van der Waals surface area (Å²) in [6, 6.07) is 0. The van der Waals surface area contributed by atoms with Gasteiger partial charge in [-0.25, -0.2) is 10.2 Å². The van der Waals surface area contributed by atoms with Crippen molar-refractivity contribution >= 4 is 18.5 Å². The van der Waals surface area contributed by atoms with Gasteiger partial charge in [0.15, 0.2) is 0 Å². The second-order valence-corrected chi connectivity index (χ2v) is 1.52. The monoisotopic (exact) mass is 180 g/mol. The third-order valence-electron chi connectivity index (χ3n) is 0.712. The predicted molar refractivity (Wildman–Crippen MR) is 45.6 cm³/mol. The van der Waals surface area contributed by atoms with Gasteiger partial charge in [0.1, 0.15) is 0 Å². The molecular formula is C6H13ClN2O2. The van der Waals surface area contributed by atoms with Crippen molar-refractivity contribution in [1.82, 2.24) is 10.9 Å². The van der Waals surface area contributed by atoms with Gasteiger partial charge in [-0.2, -0.15) is 0 Å². The standard InChI is InChI=1S/C6H12N2O2.ClH/c1-3-5-7-8-6(9)10-4-2;/h3,7H,1,4-5H2,2H3,(H,8,9);1H. The minimum atomic E-state index is -0.468. The van der Waals surface area contributed by atoms with Gasteiger partial charge >= 0.3 is 6.09 Å². The predicted octanol–water partition coefficient (Wildman–Crippen LogP) is 0.845. The molecule has 0 bridgehead atoms. The summed E-state index contributed by atoms with van der Waals surface area (Å²) in [7, 11) is 0. The summed E-state index contributed by atoms with van der Waals surface area (Å²) in [4.78, 5) is 10.5. The largest absolute Gasteiger partial charge is 0.449 e. The van der Waals surface area contributed by atoms with E-state index in [1.54, 1.807) is 13.0 Å². The molecule has 66 valence electrons. The van der Waals surface area contributed by atoms with Crippen LogP contribution in [-0.2, 0) is 4.74 Å². The topological polar surface area (TPSA) is 50.4 Å². The molecule has 0 aliphatic rings. The maximum Gasteiger partial charge on any atom is 0.421 e. The third-order valence-corrected chi connectivity index (χ3v) is 0.712. The van der Waals surface area contributed by atoms with Gasteiger partial charge < -0.3 is 4.74 Å². The van der Waals surface area contributed by atoms with Gasteiger partial charge in [0.2, 0.25) is 0 Å². The maximum atomic E-state index is 10.5. The number of nitrogens with one attached hydrogen (secondary N) is 2. The number of ether oxygens (including phenoxy) is 1. The van der Waals surface area contributed by atoms with Crippen molar-refractivity contribution in [2.75, 3.05) is 13.2 Å².